The fraction of sp³-hybridized carbons (Fsp3) is 0.250. The SMILES string of the molecule is O=c1[nH]c2ccccc2n1C1=CCN(CCCC(c2ccc(F)cc2)c2ccc(F)cc2)CC1. The molecular weight excluding hydrogens is 432 g/mol. The van der Waals surface area contributed by atoms with Crippen molar-refractivity contribution in [2.75, 3.05) is 19.6 Å². The topological polar surface area (TPSA) is 41.0 Å². The van der Waals surface area contributed by atoms with Crippen molar-refractivity contribution in [2.45, 2.75) is 25.2 Å². The van der Waals surface area contributed by atoms with Crippen molar-refractivity contribution >= 4 is 16.7 Å². The van der Waals surface area contributed by atoms with Crippen molar-refractivity contribution in [3.05, 3.63) is 112 Å². The van der Waals surface area contributed by atoms with Gasteiger partial charge in [-0.05, 0) is 66.9 Å². The highest BCUT2D eigenvalue weighted by Gasteiger charge is 2.18. The van der Waals surface area contributed by atoms with E-state index in [-0.39, 0.29) is 23.2 Å². The number of halogens is 2. The zero-order valence-corrected chi connectivity index (χ0v) is 18.9. The molecule has 174 valence electrons. The molecule has 0 unspecified atom stereocenters. The van der Waals surface area contributed by atoms with E-state index in [1.165, 1.54) is 24.3 Å². The predicted molar refractivity (Wildman–Crippen MR) is 132 cm³/mol. The molecule has 0 saturated carbocycles. The average molecular weight is 460 g/mol. The molecule has 0 saturated heterocycles. The number of aromatic nitrogens is 2. The van der Waals surface area contributed by atoms with Crippen LogP contribution in [0.1, 0.15) is 36.3 Å². The Labute approximate surface area is 197 Å². The van der Waals surface area contributed by atoms with Gasteiger partial charge in [0.1, 0.15) is 11.6 Å². The summed E-state index contributed by atoms with van der Waals surface area (Å²) in [6.45, 7) is 2.60. The molecule has 0 amide bonds. The number of fused-ring (bicyclic) bond motifs is 1. The maximum atomic E-state index is 13.5. The maximum absolute atomic E-state index is 13.5. The number of H-pyrrole nitrogens is 1. The first-order valence-electron chi connectivity index (χ1n) is 11.7. The smallest absolute Gasteiger partial charge is 0.305 e. The molecule has 1 N–H and O–H groups in total. The Balaban J connectivity index is 1.25. The molecule has 0 radical (unpaired) electrons. The lowest BCUT2D eigenvalue weighted by Gasteiger charge is -2.27. The van der Waals surface area contributed by atoms with Gasteiger partial charge in [0.05, 0.1) is 11.0 Å². The largest absolute Gasteiger partial charge is 0.330 e. The first-order valence-corrected chi connectivity index (χ1v) is 11.7. The van der Waals surface area contributed by atoms with Crippen LogP contribution in [0.15, 0.2) is 83.7 Å². The number of hydrogen-bond donors (Lipinski definition) is 1. The average Bonchev–Trinajstić information content (AvgIpc) is 3.19. The van der Waals surface area contributed by atoms with Crippen LogP contribution in [0.4, 0.5) is 8.78 Å². The minimum Gasteiger partial charge on any atom is -0.305 e. The Morgan fingerprint density at radius 1 is 0.882 bits per heavy atom. The van der Waals surface area contributed by atoms with Crippen molar-refractivity contribution in [1.82, 2.24) is 14.5 Å². The molecule has 34 heavy (non-hydrogen) atoms. The summed E-state index contributed by atoms with van der Waals surface area (Å²) in [7, 11) is 0. The molecule has 1 aliphatic rings. The third-order valence-corrected chi connectivity index (χ3v) is 6.66. The van der Waals surface area contributed by atoms with E-state index in [2.05, 4.69) is 16.0 Å². The second-order valence-electron chi connectivity index (χ2n) is 8.83. The third-order valence-electron chi connectivity index (χ3n) is 6.66. The normalized spacial score (nSPS) is 14.6. The van der Waals surface area contributed by atoms with Crippen LogP contribution in [0.2, 0.25) is 0 Å². The first kappa shape index (κ1) is 22.3. The molecule has 3 aromatic carbocycles. The number of para-hydroxylation sites is 2. The van der Waals surface area contributed by atoms with Crippen LogP contribution in [0.25, 0.3) is 16.7 Å². The Bertz CT molecular complexity index is 1310. The van der Waals surface area contributed by atoms with Gasteiger partial charge in [0.15, 0.2) is 0 Å². The van der Waals surface area contributed by atoms with E-state index in [1.807, 2.05) is 48.5 Å². The Morgan fingerprint density at radius 2 is 1.53 bits per heavy atom. The van der Waals surface area contributed by atoms with Gasteiger partial charge >= 0.3 is 5.69 Å². The lowest BCUT2D eigenvalue weighted by Crippen LogP contribution is -2.32. The molecule has 5 rings (SSSR count). The van der Waals surface area contributed by atoms with Gasteiger partial charge < -0.3 is 4.98 Å². The van der Waals surface area contributed by atoms with E-state index < -0.39 is 0 Å². The highest BCUT2D eigenvalue weighted by molar-refractivity contribution is 5.79. The lowest BCUT2D eigenvalue weighted by molar-refractivity contribution is 0.291. The quantitative estimate of drug-likeness (QED) is 0.381. The zero-order chi connectivity index (χ0) is 23.5. The number of rotatable bonds is 7. The molecule has 0 bridgehead atoms. The van der Waals surface area contributed by atoms with E-state index in [4.69, 9.17) is 0 Å². The summed E-state index contributed by atoms with van der Waals surface area (Å²) in [6, 6.07) is 20.9. The van der Waals surface area contributed by atoms with Gasteiger partial charge in [0.25, 0.3) is 0 Å². The molecule has 2 heterocycles. The van der Waals surface area contributed by atoms with Crippen LogP contribution in [-0.4, -0.2) is 34.1 Å². The van der Waals surface area contributed by atoms with Gasteiger partial charge in [-0.2, -0.15) is 0 Å². The monoisotopic (exact) mass is 459 g/mol. The van der Waals surface area contributed by atoms with Crippen molar-refractivity contribution in [2.24, 2.45) is 0 Å². The molecule has 0 aliphatic carbocycles. The molecule has 0 fully saturated rings. The van der Waals surface area contributed by atoms with Gasteiger partial charge in [-0.3, -0.25) is 9.47 Å². The first-order chi connectivity index (χ1) is 16.6. The fourth-order valence-electron chi connectivity index (χ4n) is 4.88. The van der Waals surface area contributed by atoms with Gasteiger partial charge in [-0.15, -0.1) is 0 Å². The van der Waals surface area contributed by atoms with Crippen molar-refractivity contribution < 1.29 is 8.78 Å². The Morgan fingerprint density at radius 3 is 2.15 bits per heavy atom. The number of benzene rings is 3. The van der Waals surface area contributed by atoms with E-state index in [0.29, 0.717) is 0 Å². The van der Waals surface area contributed by atoms with E-state index in [1.54, 1.807) is 4.57 Å². The summed E-state index contributed by atoms with van der Waals surface area (Å²) in [5, 5.41) is 0. The Hall–Kier alpha value is -3.51. The summed E-state index contributed by atoms with van der Waals surface area (Å²) < 4.78 is 28.7. The van der Waals surface area contributed by atoms with Crippen molar-refractivity contribution in [1.29, 1.82) is 0 Å². The zero-order valence-electron chi connectivity index (χ0n) is 18.9. The fourth-order valence-corrected chi connectivity index (χ4v) is 4.88. The second-order valence-corrected chi connectivity index (χ2v) is 8.83. The van der Waals surface area contributed by atoms with Crippen LogP contribution in [0.5, 0.6) is 0 Å². The second kappa shape index (κ2) is 9.77. The van der Waals surface area contributed by atoms with Crippen LogP contribution in [-0.2, 0) is 0 Å². The molecule has 4 nitrogen and oxygen atoms in total. The van der Waals surface area contributed by atoms with Crippen LogP contribution >= 0.6 is 0 Å². The lowest BCUT2D eigenvalue weighted by atomic mass is 9.87. The number of aromatic amines is 1. The number of hydrogen-bond acceptors (Lipinski definition) is 2. The molecule has 1 aliphatic heterocycles. The summed E-state index contributed by atoms with van der Waals surface area (Å²) in [5.74, 6) is -0.430. The molecule has 6 heteroatoms. The van der Waals surface area contributed by atoms with E-state index in [0.717, 1.165) is 66.8 Å². The minimum atomic E-state index is -0.258. The predicted octanol–water partition coefficient (Wildman–Crippen LogP) is 5.77. The molecule has 1 aromatic heterocycles. The van der Waals surface area contributed by atoms with Gasteiger partial charge in [-0.1, -0.05) is 42.5 Å². The van der Waals surface area contributed by atoms with Crippen LogP contribution in [0.3, 0.4) is 0 Å². The van der Waals surface area contributed by atoms with Crippen molar-refractivity contribution in [3.8, 4) is 0 Å². The summed E-state index contributed by atoms with van der Waals surface area (Å²) in [6.07, 6.45) is 4.78. The third kappa shape index (κ3) is 4.73. The van der Waals surface area contributed by atoms with E-state index in [9.17, 15) is 13.6 Å². The number of nitrogens with one attached hydrogen (secondary N) is 1. The molecule has 0 atom stereocenters. The molecule has 4 aromatic rings. The maximum Gasteiger partial charge on any atom is 0.330 e. The van der Waals surface area contributed by atoms with Gasteiger partial charge in [-0.25, -0.2) is 13.6 Å². The summed E-state index contributed by atoms with van der Waals surface area (Å²) in [4.78, 5) is 17.8. The van der Waals surface area contributed by atoms with Gasteiger partial charge in [0.2, 0.25) is 0 Å². The molecule has 0 spiro atoms. The summed E-state index contributed by atoms with van der Waals surface area (Å²) in [5.41, 5.74) is 4.77. The van der Waals surface area contributed by atoms with E-state index >= 15 is 0 Å². The highest BCUT2D eigenvalue weighted by atomic mass is 19.1. The van der Waals surface area contributed by atoms with Crippen LogP contribution in [0, 0.1) is 11.6 Å². The minimum absolute atomic E-state index is 0.0851. The van der Waals surface area contributed by atoms with Crippen LogP contribution < -0.4 is 5.69 Å². The number of imidazole rings is 1. The summed E-state index contributed by atoms with van der Waals surface area (Å²) >= 11 is 0. The van der Waals surface area contributed by atoms with Gasteiger partial charge in [0, 0.05) is 31.1 Å². The highest BCUT2D eigenvalue weighted by Crippen LogP contribution is 2.30. The standard InChI is InChI=1S/C28H27F2N3O/c29-22-11-7-20(8-12-22)25(21-9-13-23(30)14-10-21)4-3-17-32-18-15-24(16-19-32)33-27-6-2-1-5-26(27)31-28(33)34/h1-2,5-15,25H,3-4,16-19H2,(H,31,34). The molecular formula is C28H27F2N3O. The van der Waals surface area contributed by atoms with Crippen molar-refractivity contribution in [3.63, 3.8) is 0 Å². The Kier molecular flexibility index (Phi) is 6.41. The number of nitrogens with zero attached hydrogens (tertiary/aromatic N) is 2.